The number of hydrogen-bond donors (Lipinski definition) is 2. The number of sulfonamides is 1. The number of carboxylic acid groups (broad SMARTS) is 1. The Morgan fingerprint density at radius 2 is 2.00 bits per heavy atom. The van der Waals surface area contributed by atoms with Gasteiger partial charge in [0.15, 0.2) is 5.13 Å². The Kier molecular flexibility index (Phi) is 4.87. The number of aliphatic carboxylic acids is 1. The van der Waals surface area contributed by atoms with Gasteiger partial charge in [-0.3, -0.25) is 9.52 Å². The Balaban J connectivity index is 2.68. The molecule has 0 fully saturated rings. The molecule has 0 aromatic carbocycles. The lowest BCUT2D eigenvalue weighted by atomic mass is 10.3. The monoisotopic (exact) mass is 328 g/mol. The number of thiazole rings is 1. The van der Waals surface area contributed by atoms with Crippen LogP contribution < -0.4 is 4.72 Å². The van der Waals surface area contributed by atoms with Crippen molar-refractivity contribution >= 4 is 42.3 Å². The summed E-state index contributed by atoms with van der Waals surface area (Å²) in [6, 6.07) is 0. The first-order valence-electron chi connectivity index (χ1n) is 4.92. The average Bonchev–Trinajstić information content (AvgIpc) is 2.60. The van der Waals surface area contributed by atoms with Crippen molar-refractivity contribution in [3.05, 3.63) is 11.1 Å². The Bertz CT molecular complexity index is 660. The first-order chi connectivity index (χ1) is 8.57. The van der Waals surface area contributed by atoms with Gasteiger partial charge in [0.1, 0.15) is 9.84 Å². The molecule has 1 rings (SSSR count). The summed E-state index contributed by atoms with van der Waals surface area (Å²) < 4.78 is 47.0. The Hall–Kier alpha value is -1.20. The number of anilines is 1. The van der Waals surface area contributed by atoms with Crippen molar-refractivity contribution in [3.63, 3.8) is 0 Å². The molecule has 8 nitrogen and oxygen atoms in total. The third-order valence-corrected chi connectivity index (χ3v) is 5.24. The summed E-state index contributed by atoms with van der Waals surface area (Å²) >= 11 is 0.938. The maximum Gasteiger partial charge on any atom is 0.309 e. The van der Waals surface area contributed by atoms with Crippen LogP contribution in [0.2, 0.25) is 0 Å². The Morgan fingerprint density at radius 3 is 2.53 bits per heavy atom. The third-order valence-electron chi connectivity index (χ3n) is 1.85. The molecule has 0 saturated heterocycles. The van der Waals surface area contributed by atoms with E-state index in [0.717, 1.165) is 17.6 Å². The van der Waals surface area contributed by atoms with Gasteiger partial charge in [-0.05, 0) is 0 Å². The quantitative estimate of drug-likeness (QED) is 0.693. The summed E-state index contributed by atoms with van der Waals surface area (Å²) in [6.07, 6.45) is 0.637. The molecule has 11 heteroatoms. The molecule has 0 bridgehead atoms. The fourth-order valence-electron chi connectivity index (χ4n) is 1.04. The number of rotatable bonds is 7. The molecule has 0 aliphatic carbocycles. The van der Waals surface area contributed by atoms with E-state index in [1.807, 2.05) is 0 Å². The summed E-state index contributed by atoms with van der Waals surface area (Å²) in [4.78, 5) is 14.2. The van der Waals surface area contributed by atoms with Gasteiger partial charge in [0.25, 0.3) is 0 Å². The predicted molar refractivity (Wildman–Crippen MR) is 70.6 cm³/mol. The second-order valence-electron chi connectivity index (χ2n) is 3.77. The summed E-state index contributed by atoms with van der Waals surface area (Å²) in [6.45, 7) is 0. The number of nitrogens with zero attached hydrogens (tertiary/aromatic N) is 1. The number of nitrogens with one attached hydrogen (secondary N) is 1. The van der Waals surface area contributed by atoms with E-state index in [0.29, 0.717) is 0 Å². The standard InChI is InChI=1S/C8H12N2O6S3/c1-18(13,14)2-3-19(15,16)10-8-9-6(5-17-8)4-7(11)12/h5H,2-4H2,1H3,(H,9,10)(H,11,12). The highest BCUT2D eigenvalue weighted by molar-refractivity contribution is 7.95. The fourth-order valence-corrected chi connectivity index (χ4v) is 4.66. The van der Waals surface area contributed by atoms with E-state index in [1.54, 1.807) is 0 Å². The summed E-state index contributed by atoms with van der Waals surface area (Å²) in [5.41, 5.74) is 0.235. The van der Waals surface area contributed by atoms with E-state index in [-0.39, 0.29) is 17.2 Å². The van der Waals surface area contributed by atoms with Crippen LogP contribution in [0.4, 0.5) is 5.13 Å². The molecule has 0 amide bonds. The first-order valence-corrected chi connectivity index (χ1v) is 9.51. The molecular formula is C8H12N2O6S3. The second-order valence-corrected chi connectivity index (χ2v) is 8.73. The van der Waals surface area contributed by atoms with Crippen LogP contribution >= 0.6 is 11.3 Å². The van der Waals surface area contributed by atoms with Crippen molar-refractivity contribution in [2.75, 3.05) is 22.5 Å². The maximum absolute atomic E-state index is 11.6. The van der Waals surface area contributed by atoms with Crippen LogP contribution in [0.3, 0.4) is 0 Å². The molecule has 0 aliphatic rings. The van der Waals surface area contributed by atoms with Crippen LogP contribution in [0.15, 0.2) is 5.38 Å². The van der Waals surface area contributed by atoms with E-state index in [2.05, 4.69) is 9.71 Å². The van der Waals surface area contributed by atoms with Gasteiger partial charge >= 0.3 is 5.97 Å². The molecule has 0 spiro atoms. The van der Waals surface area contributed by atoms with Crippen molar-refractivity contribution < 1.29 is 26.7 Å². The minimum Gasteiger partial charge on any atom is -0.481 e. The molecule has 2 N–H and O–H groups in total. The molecule has 1 aromatic rings. The Morgan fingerprint density at radius 1 is 1.37 bits per heavy atom. The van der Waals surface area contributed by atoms with Crippen molar-refractivity contribution in [3.8, 4) is 0 Å². The Labute approximate surface area is 114 Å². The zero-order chi connectivity index (χ0) is 14.7. The lowest BCUT2D eigenvalue weighted by Gasteiger charge is -2.03. The molecule has 108 valence electrons. The minimum absolute atomic E-state index is 0.0183. The molecule has 0 unspecified atom stereocenters. The largest absolute Gasteiger partial charge is 0.481 e. The van der Waals surface area contributed by atoms with Crippen LogP contribution in [0, 0.1) is 0 Å². The lowest BCUT2D eigenvalue weighted by molar-refractivity contribution is -0.136. The number of carbonyl (C=O) groups is 1. The zero-order valence-corrected chi connectivity index (χ0v) is 12.3. The summed E-state index contributed by atoms with van der Waals surface area (Å²) in [7, 11) is -7.19. The number of carboxylic acids is 1. The highest BCUT2D eigenvalue weighted by Crippen LogP contribution is 2.17. The van der Waals surface area contributed by atoms with Gasteiger partial charge in [-0.1, -0.05) is 0 Å². The fraction of sp³-hybridized carbons (Fsp3) is 0.500. The second kappa shape index (κ2) is 5.84. The lowest BCUT2D eigenvalue weighted by Crippen LogP contribution is -2.22. The molecule has 0 saturated carbocycles. The van der Waals surface area contributed by atoms with E-state index in [4.69, 9.17) is 5.11 Å². The van der Waals surface area contributed by atoms with Crippen LogP contribution in [0.5, 0.6) is 0 Å². The third kappa shape index (κ3) is 6.50. The molecule has 19 heavy (non-hydrogen) atoms. The van der Waals surface area contributed by atoms with E-state index < -0.39 is 37.3 Å². The van der Waals surface area contributed by atoms with E-state index >= 15 is 0 Å². The van der Waals surface area contributed by atoms with Crippen molar-refractivity contribution in [2.24, 2.45) is 0 Å². The van der Waals surface area contributed by atoms with Gasteiger partial charge < -0.3 is 5.11 Å². The highest BCUT2D eigenvalue weighted by Gasteiger charge is 2.16. The average molecular weight is 328 g/mol. The molecule has 1 heterocycles. The van der Waals surface area contributed by atoms with Crippen LogP contribution in [-0.4, -0.2) is 50.7 Å². The zero-order valence-electron chi connectivity index (χ0n) is 9.86. The van der Waals surface area contributed by atoms with Gasteiger partial charge in [-0.25, -0.2) is 21.8 Å². The first kappa shape index (κ1) is 15.9. The van der Waals surface area contributed by atoms with Crippen molar-refractivity contribution in [1.29, 1.82) is 0 Å². The smallest absolute Gasteiger partial charge is 0.309 e. The van der Waals surface area contributed by atoms with E-state index in [9.17, 15) is 21.6 Å². The molecule has 0 aliphatic heterocycles. The van der Waals surface area contributed by atoms with Crippen molar-refractivity contribution in [2.45, 2.75) is 6.42 Å². The summed E-state index contributed by atoms with van der Waals surface area (Å²) in [5, 5.41) is 9.98. The van der Waals surface area contributed by atoms with Gasteiger partial charge in [-0.2, -0.15) is 0 Å². The molecule has 0 atom stereocenters. The van der Waals surface area contributed by atoms with Gasteiger partial charge in [0.05, 0.1) is 23.6 Å². The highest BCUT2D eigenvalue weighted by atomic mass is 32.2. The molecule has 0 radical (unpaired) electrons. The normalized spacial score (nSPS) is 12.3. The SMILES string of the molecule is CS(=O)(=O)CCS(=O)(=O)Nc1nc(CC(=O)O)cs1. The van der Waals surface area contributed by atoms with Crippen LogP contribution in [0.1, 0.15) is 5.69 Å². The maximum atomic E-state index is 11.6. The van der Waals surface area contributed by atoms with Crippen LogP contribution in [0.25, 0.3) is 0 Å². The minimum atomic E-state index is -3.81. The number of hydrogen-bond acceptors (Lipinski definition) is 7. The van der Waals surface area contributed by atoms with Crippen molar-refractivity contribution in [1.82, 2.24) is 4.98 Å². The van der Waals surface area contributed by atoms with Gasteiger partial charge in [0.2, 0.25) is 10.0 Å². The van der Waals surface area contributed by atoms with Gasteiger partial charge in [-0.15, -0.1) is 11.3 Å². The molecule has 1 aromatic heterocycles. The van der Waals surface area contributed by atoms with Gasteiger partial charge in [0, 0.05) is 11.6 Å². The number of aromatic nitrogens is 1. The topological polar surface area (TPSA) is 130 Å². The summed E-state index contributed by atoms with van der Waals surface area (Å²) in [5.74, 6) is -2.13. The predicted octanol–water partition coefficient (Wildman–Crippen LogP) is -0.443. The van der Waals surface area contributed by atoms with Crippen LogP contribution in [-0.2, 0) is 31.1 Å². The van der Waals surface area contributed by atoms with E-state index in [1.165, 1.54) is 5.38 Å². The molecular weight excluding hydrogens is 316 g/mol. The number of sulfone groups is 1.